The van der Waals surface area contributed by atoms with Gasteiger partial charge in [0.2, 0.25) is 0 Å². The molecule has 8 heteroatoms. The summed E-state index contributed by atoms with van der Waals surface area (Å²) in [4.78, 5) is 31.4. The highest BCUT2D eigenvalue weighted by atomic mass is 32.1. The van der Waals surface area contributed by atoms with Gasteiger partial charge in [0.05, 0.1) is 5.69 Å². The zero-order chi connectivity index (χ0) is 17.1. The van der Waals surface area contributed by atoms with Gasteiger partial charge in [-0.15, -0.1) is 11.3 Å². The Morgan fingerprint density at radius 3 is 2.48 bits per heavy atom. The summed E-state index contributed by atoms with van der Waals surface area (Å²) >= 11 is 1.47. The number of anilines is 2. The largest absolute Gasteiger partial charge is 0.384 e. The summed E-state index contributed by atoms with van der Waals surface area (Å²) in [5.74, 6) is 0.191. The molecule has 0 atom stereocenters. The van der Waals surface area contributed by atoms with Gasteiger partial charge in [0.25, 0.3) is 5.56 Å². The zero-order valence-corrected chi connectivity index (χ0v) is 14.8. The lowest BCUT2D eigenvalue weighted by molar-refractivity contribution is 0.600. The first-order valence-corrected chi connectivity index (χ1v) is 8.64. The minimum Gasteiger partial charge on any atom is -0.384 e. The molecule has 126 valence electrons. The van der Waals surface area contributed by atoms with Gasteiger partial charge in [0, 0.05) is 32.1 Å². The molecule has 0 fully saturated rings. The monoisotopic (exact) mass is 337 g/mol. The molecule has 0 aliphatic heterocycles. The quantitative estimate of drug-likeness (QED) is 0.863. The molecule has 0 radical (unpaired) electrons. The van der Waals surface area contributed by atoms with E-state index in [1.807, 2.05) is 12.3 Å². The molecule has 2 aromatic heterocycles. The Balaban J connectivity index is 2.64. The number of rotatable bonds is 6. The lowest BCUT2D eigenvalue weighted by Gasteiger charge is -2.16. The third kappa shape index (κ3) is 3.03. The lowest BCUT2D eigenvalue weighted by atomic mass is 10.2. The van der Waals surface area contributed by atoms with Crippen LogP contribution in [-0.2, 0) is 13.6 Å². The molecular formula is C15H23N5O2S. The van der Waals surface area contributed by atoms with Gasteiger partial charge < -0.3 is 10.6 Å². The van der Waals surface area contributed by atoms with E-state index in [1.54, 1.807) is 0 Å². The van der Waals surface area contributed by atoms with Gasteiger partial charge in [0.15, 0.2) is 5.13 Å². The number of hydrogen-bond acceptors (Lipinski definition) is 6. The number of aromatic nitrogens is 3. The van der Waals surface area contributed by atoms with E-state index in [9.17, 15) is 9.59 Å². The van der Waals surface area contributed by atoms with E-state index in [-0.39, 0.29) is 5.82 Å². The topological polar surface area (TPSA) is 86.2 Å². The summed E-state index contributed by atoms with van der Waals surface area (Å²) in [5, 5.41) is 2.67. The SMILES string of the molecule is CCCn1c(N)c(-c2csc(N(CC)CC)n2)c(=O)n(C)c1=O. The molecule has 0 bridgehead atoms. The Labute approximate surface area is 139 Å². The number of nitrogen functional groups attached to an aromatic ring is 1. The Hall–Kier alpha value is -2.09. The number of nitrogens with two attached hydrogens (primary N) is 1. The van der Waals surface area contributed by atoms with Crippen LogP contribution in [-0.4, -0.2) is 27.2 Å². The molecule has 0 aliphatic carbocycles. The first-order chi connectivity index (χ1) is 11.0. The van der Waals surface area contributed by atoms with Crippen LogP contribution in [0, 0.1) is 0 Å². The first-order valence-electron chi connectivity index (χ1n) is 7.76. The second kappa shape index (κ2) is 6.99. The minimum atomic E-state index is -0.406. The van der Waals surface area contributed by atoms with Crippen LogP contribution in [0.2, 0.25) is 0 Å². The third-order valence-electron chi connectivity index (χ3n) is 3.81. The second-order valence-corrected chi connectivity index (χ2v) is 6.08. The summed E-state index contributed by atoms with van der Waals surface area (Å²) < 4.78 is 2.53. The third-order valence-corrected chi connectivity index (χ3v) is 4.71. The molecule has 0 spiro atoms. The molecule has 2 aromatic rings. The van der Waals surface area contributed by atoms with Crippen molar-refractivity contribution in [2.24, 2.45) is 7.05 Å². The van der Waals surface area contributed by atoms with Crippen molar-refractivity contribution in [2.75, 3.05) is 23.7 Å². The van der Waals surface area contributed by atoms with Crippen molar-refractivity contribution in [3.05, 3.63) is 26.2 Å². The molecule has 0 amide bonds. The molecular weight excluding hydrogens is 314 g/mol. The van der Waals surface area contributed by atoms with Crippen LogP contribution in [0.5, 0.6) is 0 Å². The lowest BCUT2D eigenvalue weighted by Crippen LogP contribution is -2.40. The summed E-state index contributed by atoms with van der Waals surface area (Å²) in [6, 6.07) is 0. The number of nitrogens with zero attached hydrogens (tertiary/aromatic N) is 4. The Morgan fingerprint density at radius 2 is 1.91 bits per heavy atom. The highest BCUT2D eigenvalue weighted by molar-refractivity contribution is 7.14. The molecule has 0 aliphatic rings. The molecule has 0 unspecified atom stereocenters. The van der Waals surface area contributed by atoms with Gasteiger partial charge in [0.1, 0.15) is 11.4 Å². The van der Waals surface area contributed by atoms with E-state index in [1.165, 1.54) is 23.0 Å². The van der Waals surface area contributed by atoms with Crippen molar-refractivity contribution >= 4 is 22.3 Å². The van der Waals surface area contributed by atoms with E-state index in [0.29, 0.717) is 17.8 Å². The normalized spacial score (nSPS) is 11.0. The van der Waals surface area contributed by atoms with Gasteiger partial charge in [-0.3, -0.25) is 13.9 Å². The van der Waals surface area contributed by atoms with E-state index in [4.69, 9.17) is 5.73 Å². The van der Waals surface area contributed by atoms with E-state index in [2.05, 4.69) is 23.7 Å². The first kappa shape index (κ1) is 17.3. The molecule has 0 aromatic carbocycles. The van der Waals surface area contributed by atoms with Crippen LogP contribution >= 0.6 is 11.3 Å². The fourth-order valence-electron chi connectivity index (χ4n) is 2.48. The molecule has 23 heavy (non-hydrogen) atoms. The molecule has 7 nitrogen and oxygen atoms in total. The van der Waals surface area contributed by atoms with Gasteiger partial charge >= 0.3 is 5.69 Å². The van der Waals surface area contributed by atoms with Crippen LogP contribution in [0.25, 0.3) is 11.3 Å². The smallest absolute Gasteiger partial charge is 0.332 e. The fourth-order valence-corrected chi connectivity index (χ4v) is 3.43. The minimum absolute atomic E-state index is 0.191. The fraction of sp³-hybridized carbons (Fsp3) is 0.533. The highest BCUT2D eigenvalue weighted by Gasteiger charge is 2.19. The number of hydrogen-bond donors (Lipinski definition) is 1. The molecule has 0 saturated carbocycles. The molecule has 0 saturated heterocycles. The van der Waals surface area contributed by atoms with Crippen molar-refractivity contribution in [2.45, 2.75) is 33.7 Å². The van der Waals surface area contributed by atoms with Crippen molar-refractivity contribution in [3.63, 3.8) is 0 Å². The van der Waals surface area contributed by atoms with Crippen LogP contribution in [0.4, 0.5) is 10.9 Å². The van der Waals surface area contributed by atoms with Crippen molar-refractivity contribution in [1.82, 2.24) is 14.1 Å². The summed E-state index contributed by atoms with van der Waals surface area (Å²) in [5.41, 5.74) is 6.15. The van der Waals surface area contributed by atoms with Crippen molar-refractivity contribution in [1.29, 1.82) is 0 Å². The predicted molar refractivity (Wildman–Crippen MR) is 95.3 cm³/mol. The Bertz CT molecular complexity index is 801. The standard InChI is InChI=1S/C15H23N5O2S/c1-5-8-20-12(16)11(13(21)18(4)15(20)22)10-9-23-14(17-10)19(6-2)7-3/h9H,5-8,16H2,1-4H3. The molecule has 2 N–H and O–H groups in total. The molecule has 2 heterocycles. The average molecular weight is 337 g/mol. The summed E-state index contributed by atoms with van der Waals surface area (Å²) in [7, 11) is 1.47. The van der Waals surface area contributed by atoms with Crippen LogP contribution in [0.3, 0.4) is 0 Å². The zero-order valence-electron chi connectivity index (χ0n) is 14.0. The Morgan fingerprint density at radius 1 is 1.26 bits per heavy atom. The van der Waals surface area contributed by atoms with E-state index >= 15 is 0 Å². The molecule has 2 rings (SSSR count). The van der Waals surface area contributed by atoms with Crippen LogP contribution in [0.15, 0.2) is 15.0 Å². The maximum Gasteiger partial charge on any atom is 0.332 e. The van der Waals surface area contributed by atoms with Gasteiger partial charge in [-0.1, -0.05) is 6.92 Å². The van der Waals surface area contributed by atoms with Crippen molar-refractivity contribution in [3.8, 4) is 11.3 Å². The van der Waals surface area contributed by atoms with Crippen LogP contribution in [0.1, 0.15) is 27.2 Å². The van der Waals surface area contributed by atoms with Gasteiger partial charge in [-0.25, -0.2) is 9.78 Å². The maximum absolute atomic E-state index is 12.5. The van der Waals surface area contributed by atoms with Crippen LogP contribution < -0.4 is 21.9 Å². The predicted octanol–water partition coefficient (Wildman–Crippen LogP) is 1.51. The van der Waals surface area contributed by atoms with Crippen molar-refractivity contribution < 1.29 is 0 Å². The maximum atomic E-state index is 12.5. The second-order valence-electron chi connectivity index (χ2n) is 5.25. The summed E-state index contributed by atoms with van der Waals surface area (Å²) in [6.07, 6.45) is 0.753. The van der Waals surface area contributed by atoms with E-state index < -0.39 is 11.2 Å². The van der Waals surface area contributed by atoms with E-state index in [0.717, 1.165) is 29.2 Å². The summed E-state index contributed by atoms with van der Waals surface area (Å²) in [6.45, 7) is 8.22. The van der Waals surface area contributed by atoms with Gasteiger partial charge in [-0.2, -0.15) is 0 Å². The van der Waals surface area contributed by atoms with Gasteiger partial charge in [-0.05, 0) is 20.3 Å². The highest BCUT2D eigenvalue weighted by Crippen LogP contribution is 2.28. The average Bonchev–Trinajstić information content (AvgIpc) is 3.00. The Kier molecular flexibility index (Phi) is 5.25. The number of thiazole rings is 1.